The Morgan fingerprint density at radius 3 is 2.89 bits per heavy atom. The van der Waals surface area contributed by atoms with Gasteiger partial charge in [-0.3, -0.25) is 10.1 Å². The van der Waals surface area contributed by atoms with Crippen LogP contribution in [0, 0.1) is 10.1 Å². The number of rotatable bonds is 3. The minimum absolute atomic E-state index is 0.0715. The molecule has 1 unspecified atom stereocenters. The van der Waals surface area contributed by atoms with Gasteiger partial charge < -0.3 is 4.90 Å². The normalized spacial score (nSPS) is 23.5. The molecule has 1 aliphatic rings. The van der Waals surface area contributed by atoms with E-state index in [1.54, 1.807) is 0 Å². The van der Waals surface area contributed by atoms with Crippen molar-refractivity contribution in [1.82, 2.24) is 14.7 Å². The number of piperidine rings is 1. The molecule has 1 aromatic heterocycles. The third-order valence-electron chi connectivity index (χ3n) is 3.34. The molecule has 0 bridgehead atoms. The molecule has 9 heteroatoms. The standard InChI is InChI=1S/C10H13ClF2N4O2/c1-2-15-4-3-10(12,13)8(6-15)16-9(11)7(5-14-16)17(18)19/h5,8H,2-4,6H2,1H3. The average molecular weight is 295 g/mol. The van der Waals surface area contributed by atoms with E-state index in [0.29, 0.717) is 13.1 Å². The Kier molecular flexibility index (Phi) is 3.73. The van der Waals surface area contributed by atoms with Crippen LogP contribution in [0.3, 0.4) is 0 Å². The van der Waals surface area contributed by atoms with E-state index in [-0.39, 0.29) is 18.1 Å². The molecule has 2 rings (SSSR count). The number of hydrogen-bond acceptors (Lipinski definition) is 4. The van der Waals surface area contributed by atoms with Gasteiger partial charge in [-0.25, -0.2) is 13.5 Å². The lowest BCUT2D eigenvalue weighted by Gasteiger charge is -2.37. The van der Waals surface area contributed by atoms with E-state index in [2.05, 4.69) is 5.10 Å². The van der Waals surface area contributed by atoms with Gasteiger partial charge >= 0.3 is 5.69 Å². The third-order valence-corrected chi connectivity index (χ3v) is 3.70. The second-order valence-corrected chi connectivity index (χ2v) is 4.80. The van der Waals surface area contributed by atoms with E-state index < -0.39 is 22.6 Å². The summed E-state index contributed by atoms with van der Waals surface area (Å²) < 4.78 is 28.7. The van der Waals surface area contributed by atoms with Crippen LogP contribution < -0.4 is 0 Å². The van der Waals surface area contributed by atoms with Gasteiger partial charge in [0.25, 0.3) is 5.92 Å². The quantitative estimate of drug-likeness (QED) is 0.634. The zero-order valence-electron chi connectivity index (χ0n) is 10.2. The van der Waals surface area contributed by atoms with Crippen LogP contribution in [0.1, 0.15) is 19.4 Å². The fourth-order valence-electron chi connectivity index (χ4n) is 2.16. The van der Waals surface area contributed by atoms with Crippen LogP contribution in [-0.2, 0) is 0 Å². The Morgan fingerprint density at radius 2 is 2.37 bits per heavy atom. The van der Waals surface area contributed by atoms with Crippen molar-refractivity contribution in [1.29, 1.82) is 0 Å². The maximum absolute atomic E-state index is 13.9. The van der Waals surface area contributed by atoms with E-state index in [1.807, 2.05) is 11.8 Å². The second kappa shape index (κ2) is 5.01. The molecule has 2 heterocycles. The number of halogens is 3. The number of likely N-dealkylation sites (N-methyl/N-ethyl adjacent to an activating group) is 1. The predicted octanol–water partition coefficient (Wildman–Crippen LogP) is 2.35. The van der Waals surface area contributed by atoms with Crippen molar-refractivity contribution in [3.8, 4) is 0 Å². The van der Waals surface area contributed by atoms with E-state index >= 15 is 0 Å². The van der Waals surface area contributed by atoms with Crippen LogP contribution in [-0.4, -0.2) is 45.2 Å². The molecule has 0 aliphatic carbocycles. The number of nitro groups is 1. The maximum atomic E-state index is 13.9. The summed E-state index contributed by atoms with van der Waals surface area (Å²) in [5.74, 6) is -2.98. The summed E-state index contributed by atoms with van der Waals surface area (Å²) in [7, 11) is 0. The van der Waals surface area contributed by atoms with Crippen LogP contribution in [0.5, 0.6) is 0 Å². The molecule has 0 aromatic carbocycles. The molecule has 0 N–H and O–H groups in total. The second-order valence-electron chi connectivity index (χ2n) is 4.44. The van der Waals surface area contributed by atoms with Gasteiger partial charge in [0.15, 0.2) is 0 Å². The molecule has 0 amide bonds. The van der Waals surface area contributed by atoms with Crippen molar-refractivity contribution in [2.45, 2.75) is 25.3 Å². The summed E-state index contributed by atoms with van der Waals surface area (Å²) in [4.78, 5) is 11.8. The van der Waals surface area contributed by atoms with Crippen molar-refractivity contribution in [3.63, 3.8) is 0 Å². The molecule has 0 radical (unpaired) electrons. The molecule has 19 heavy (non-hydrogen) atoms. The molecule has 106 valence electrons. The summed E-state index contributed by atoms with van der Waals surface area (Å²) in [5.41, 5.74) is -0.453. The summed E-state index contributed by atoms with van der Waals surface area (Å²) in [6.45, 7) is 2.87. The van der Waals surface area contributed by atoms with Crippen LogP contribution in [0.4, 0.5) is 14.5 Å². The number of nitrogens with zero attached hydrogens (tertiary/aromatic N) is 4. The van der Waals surface area contributed by atoms with Gasteiger partial charge in [0, 0.05) is 19.5 Å². The first-order valence-electron chi connectivity index (χ1n) is 5.84. The minimum Gasteiger partial charge on any atom is -0.301 e. The van der Waals surface area contributed by atoms with Crippen LogP contribution in [0.25, 0.3) is 0 Å². The summed E-state index contributed by atoms with van der Waals surface area (Å²) in [6.07, 6.45) is 0.596. The zero-order valence-corrected chi connectivity index (χ0v) is 11.0. The molecular formula is C10H13ClF2N4O2. The highest BCUT2D eigenvalue weighted by molar-refractivity contribution is 6.31. The van der Waals surface area contributed by atoms with Crippen molar-refractivity contribution < 1.29 is 13.7 Å². The van der Waals surface area contributed by atoms with Gasteiger partial charge in [-0.2, -0.15) is 5.10 Å². The van der Waals surface area contributed by atoms with Crippen molar-refractivity contribution in [2.75, 3.05) is 19.6 Å². The van der Waals surface area contributed by atoms with Gasteiger partial charge in [-0.15, -0.1) is 0 Å². The summed E-state index contributed by atoms with van der Waals surface area (Å²) in [5, 5.41) is 14.0. The molecule has 1 saturated heterocycles. The van der Waals surface area contributed by atoms with Gasteiger partial charge in [-0.05, 0) is 6.54 Å². The van der Waals surface area contributed by atoms with Crippen LogP contribution >= 0.6 is 11.6 Å². The number of likely N-dealkylation sites (tertiary alicyclic amines) is 1. The topological polar surface area (TPSA) is 64.2 Å². The zero-order chi connectivity index (χ0) is 14.2. The Balaban J connectivity index is 2.35. The summed E-state index contributed by atoms with van der Waals surface area (Å²) in [6, 6.07) is -1.28. The fraction of sp³-hybridized carbons (Fsp3) is 0.700. The number of aromatic nitrogens is 2. The van der Waals surface area contributed by atoms with Crippen molar-refractivity contribution >= 4 is 17.3 Å². The van der Waals surface area contributed by atoms with E-state index in [9.17, 15) is 18.9 Å². The highest BCUT2D eigenvalue weighted by Gasteiger charge is 2.46. The minimum atomic E-state index is -2.98. The predicted molar refractivity (Wildman–Crippen MR) is 64.6 cm³/mol. The molecule has 1 aliphatic heterocycles. The molecule has 1 atom stereocenters. The largest absolute Gasteiger partial charge is 0.325 e. The van der Waals surface area contributed by atoms with Crippen LogP contribution in [0.15, 0.2) is 6.20 Å². The summed E-state index contributed by atoms with van der Waals surface area (Å²) >= 11 is 5.78. The highest BCUT2D eigenvalue weighted by atomic mass is 35.5. The monoisotopic (exact) mass is 294 g/mol. The Labute approximate surface area is 113 Å². The number of alkyl halides is 2. The van der Waals surface area contributed by atoms with Gasteiger partial charge in [0.2, 0.25) is 5.15 Å². The Morgan fingerprint density at radius 1 is 1.68 bits per heavy atom. The van der Waals surface area contributed by atoms with E-state index in [0.717, 1.165) is 10.9 Å². The number of hydrogen-bond donors (Lipinski definition) is 0. The maximum Gasteiger partial charge on any atom is 0.325 e. The molecule has 0 spiro atoms. The SMILES string of the molecule is CCN1CCC(F)(F)C(n2ncc([N+](=O)[O-])c2Cl)C1. The lowest BCUT2D eigenvalue weighted by atomic mass is 10.0. The lowest BCUT2D eigenvalue weighted by Crippen LogP contribution is -2.48. The first-order valence-corrected chi connectivity index (χ1v) is 6.22. The lowest BCUT2D eigenvalue weighted by molar-refractivity contribution is -0.384. The van der Waals surface area contributed by atoms with E-state index in [1.165, 1.54) is 0 Å². The average Bonchev–Trinajstić information content (AvgIpc) is 2.71. The smallest absolute Gasteiger partial charge is 0.301 e. The first kappa shape index (κ1) is 14.1. The van der Waals surface area contributed by atoms with Gasteiger partial charge in [0.05, 0.1) is 4.92 Å². The van der Waals surface area contributed by atoms with E-state index in [4.69, 9.17) is 11.6 Å². The van der Waals surface area contributed by atoms with Crippen molar-refractivity contribution in [3.05, 3.63) is 21.5 Å². The molecular weight excluding hydrogens is 282 g/mol. The molecule has 6 nitrogen and oxygen atoms in total. The first-order chi connectivity index (χ1) is 8.86. The Hall–Kier alpha value is -1.28. The van der Waals surface area contributed by atoms with Gasteiger partial charge in [-0.1, -0.05) is 18.5 Å². The molecule has 1 aromatic rings. The fourth-order valence-corrected chi connectivity index (χ4v) is 2.44. The highest BCUT2D eigenvalue weighted by Crippen LogP contribution is 2.39. The van der Waals surface area contributed by atoms with Gasteiger partial charge in [0.1, 0.15) is 12.2 Å². The molecule has 0 saturated carbocycles. The van der Waals surface area contributed by atoms with Crippen LogP contribution in [0.2, 0.25) is 5.15 Å². The third kappa shape index (κ3) is 2.55. The molecule has 1 fully saturated rings. The Bertz CT molecular complexity index is 494. The van der Waals surface area contributed by atoms with Crippen molar-refractivity contribution in [2.24, 2.45) is 0 Å².